The summed E-state index contributed by atoms with van der Waals surface area (Å²) in [5.74, 6) is 2.68. The van der Waals surface area contributed by atoms with Crippen molar-refractivity contribution in [3.05, 3.63) is 12.4 Å². The molecule has 1 fully saturated rings. The number of aromatic nitrogens is 2. The molecular weight excluding hydrogens is 200 g/mol. The Bertz CT molecular complexity index is 336. The molecule has 0 aliphatic heterocycles. The molecule has 1 aliphatic rings. The maximum Gasteiger partial charge on any atom is 0.149 e. The first-order valence-corrected chi connectivity index (χ1v) is 6.06. The molecule has 0 spiro atoms. The van der Waals surface area contributed by atoms with Crippen LogP contribution in [-0.4, -0.2) is 30.1 Å². The Morgan fingerprint density at radius 1 is 1.44 bits per heavy atom. The Labute approximate surface area is 97.1 Å². The summed E-state index contributed by atoms with van der Waals surface area (Å²) in [7, 11) is 2.10. The van der Waals surface area contributed by atoms with E-state index in [4.69, 9.17) is 0 Å². The quantitative estimate of drug-likeness (QED) is 0.825. The Morgan fingerprint density at radius 3 is 2.88 bits per heavy atom. The molecule has 4 nitrogen and oxygen atoms in total. The SMILES string of the molecule is CCNc1cncc(N(C)CC2CCC2)n1. The van der Waals surface area contributed by atoms with E-state index in [2.05, 4.69) is 34.2 Å². The van der Waals surface area contributed by atoms with Crippen molar-refractivity contribution in [2.45, 2.75) is 26.2 Å². The summed E-state index contributed by atoms with van der Waals surface area (Å²) in [4.78, 5) is 10.9. The van der Waals surface area contributed by atoms with Gasteiger partial charge < -0.3 is 10.2 Å². The van der Waals surface area contributed by atoms with Crippen LogP contribution in [0.4, 0.5) is 11.6 Å². The molecule has 1 N–H and O–H groups in total. The maximum absolute atomic E-state index is 4.53. The second kappa shape index (κ2) is 5.14. The van der Waals surface area contributed by atoms with Gasteiger partial charge in [-0.1, -0.05) is 6.42 Å². The Hall–Kier alpha value is -1.32. The number of nitrogens with one attached hydrogen (secondary N) is 1. The van der Waals surface area contributed by atoms with E-state index in [1.807, 2.05) is 6.20 Å². The molecule has 2 rings (SSSR count). The van der Waals surface area contributed by atoms with Crippen molar-refractivity contribution >= 4 is 11.6 Å². The van der Waals surface area contributed by atoms with Crippen LogP contribution in [0.15, 0.2) is 12.4 Å². The molecule has 0 radical (unpaired) electrons. The molecule has 16 heavy (non-hydrogen) atoms. The van der Waals surface area contributed by atoms with E-state index in [0.29, 0.717) is 0 Å². The van der Waals surface area contributed by atoms with Gasteiger partial charge in [0.15, 0.2) is 0 Å². The largest absolute Gasteiger partial charge is 0.369 e. The predicted octanol–water partition coefficient (Wildman–Crippen LogP) is 2.14. The molecule has 0 aromatic carbocycles. The third kappa shape index (κ3) is 2.62. The molecule has 0 bridgehead atoms. The van der Waals surface area contributed by atoms with Crippen molar-refractivity contribution in [2.75, 3.05) is 30.4 Å². The van der Waals surface area contributed by atoms with Gasteiger partial charge in [-0.2, -0.15) is 0 Å². The maximum atomic E-state index is 4.53. The zero-order chi connectivity index (χ0) is 11.4. The van der Waals surface area contributed by atoms with Gasteiger partial charge in [0.1, 0.15) is 11.6 Å². The lowest BCUT2D eigenvalue weighted by Crippen LogP contribution is -2.30. The summed E-state index contributed by atoms with van der Waals surface area (Å²) in [6, 6.07) is 0. The van der Waals surface area contributed by atoms with E-state index < -0.39 is 0 Å². The molecule has 0 saturated heterocycles. The second-order valence-electron chi connectivity index (χ2n) is 4.47. The Balaban J connectivity index is 1.97. The van der Waals surface area contributed by atoms with E-state index in [-0.39, 0.29) is 0 Å². The van der Waals surface area contributed by atoms with E-state index >= 15 is 0 Å². The van der Waals surface area contributed by atoms with Gasteiger partial charge in [0, 0.05) is 20.1 Å². The molecule has 0 unspecified atom stereocenters. The highest BCUT2D eigenvalue weighted by molar-refractivity contribution is 5.43. The number of rotatable bonds is 5. The number of anilines is 2. The standard InChI is InChI=1S/C12H20N4/c1-3-14-11-7-13-8-12(15-11)16(2)9-10-5-4-6-10/h7-8,10H,3-6,9H2,1-2H3,(H,14,15). The zero-order valence-corrected chi connectivity index (χ0v) is 10.1. The van der Waals surface area contributed by atoms with Gasteiger partial charge in [-0.15, -0.1) is 0 Å². The van der Waals surface area contributed by atoms with Crippen molar-refractivity contribution in [1.82, 2.24) is 9.97 Å². The van der Waals surface area contributed by atoms with Gasteiger partial charge in [-0.3, -0.25) is 4.98 Å². The third-order valence-electron chi connectivity index (χ3n) is 3.13. The van der Waals surface area contributed by atoms with E-state index in [1.165, 1.54) is 19.3 Å². The molecule has 1 aromatic rings. The molecule has 1 aromatic heterocycles. The van der Waals surface area contributed by atoms with Gasteiger partial charge in [-0.05, 0) is 25.7 Å². The third-order valence-corrected chi connectivity index (χ3v) is 3.13. The van der Waals surface area contributed by atoms with Gasteiger partial charge in [0.05, 0.1) is 12.4 Å². The molecule has 1 saturated carbocycles. The Kier molecular flexibility index (Phi) is 3.59. The van der Waals surface area contributed by atoms with Crippen molar-refractivity contribution in [3.63, 3.8) is 0 Å². The number of nitrogens with zero attached hydrogens (tertiary/aromatic N) is 3. The minimum atomic E-state index is 0.856. The van der Waals surface area contributed by atoms with E-state index in [9.17, 15) is 0 Å². The van der Waals surface area contributed by atoms with Crippen molar-refractivity contribution in [2.24, 2.45) is 5.92 Å². The lowest BCUT2D eigenvalue weighted by Gasteiger charge is -2.30. The summed E-state index contributed by atoms with van der Waals surface area (Å²) in [5.41, 5.74) is 0. The Morgan fingerprint density at radius 2 is 2.25 bits per heavy atom. The van der Waals surface area contributed by atoms with Crippen LogP contribution in [0.1, 0.15) is 26.2 Å². The smallest absolute Gasteiger partial charge is 0.149 e. The molecule has 4 heteroatoms. The average molecular weight is 220 g/mol. The van der Waals surface area contributed by atoms with Gasteiger partial charge >= 0.3 is 0 Å². The highest BCUT2D eigenvalue weighted by Crippen LogP contribution is 2.27. The lowest BCUT2D eigenvalue weighted by atomic mass is 9.85. The summed E-state index contributed by atoms with van der Waals surface area (Å²) >= 11 is 0. The van der Waals surface area contributed by atoms with Crippen molar-refractivity contribution < 1.29 is 0 Å². The predicted molar refractivity (Wildman–Crippen MR) is 66.8 cm³/mol. The molecule has 88 valence electrons. The first-order chi connectivity index (χ1) is 7.79. The van der Waals surface area contributed by atoms with Crippen LogP contribution >= 0.6 is 0 Å². The van der Waals surface area contributed by atoms with Crippen LogP contribution in [-0.2, 0) is 0 Å². The van der Waals surface area contributed by atoms with E-state index in [1.54, 1.807) is 6.20 Å². The summed E-state index contributed by atoms with van der Waals surface area (Å²) in [6.07, 6.45) is 7.72. The topological polar surface area (TPSA) is 41.1 Å². The fraction of sp³-hybridized carbons (Fsp3) is 0.667. The monoisotopic (exact) mass is 220 g/mol. The van der Waals surface area contributed by atoms with Crippen LogP contribution in [0.2, 0.25) is 0 Å². The van der Waals surface area contributed by atoms with Crippen molar-refractivity contribution in [1.29, 1.82) is 0 Å². The number of hydrogen-bond donors (Lipinski definition) is 1. The van der Waals surface area contributed by atoms with E-state index in [0.717, 1.165) is 30.6 Å². The van der Waals surface area contributed by atoms with Crippen LogP contribution in [0.3, 0.4) is 0 Å². The highest BCUT2D eigenvalue weighted by atomic mass is 15.2. The average Bonchev–Trinajstić information content (AvgIpc) is 2.24. The number of hydrogen-bond acceptors (Lipinski definition) is 4. The summed E-state index contributed by atoms with van der Waals surface area (Å²) < 4.78 is 0. The first-order valence-electron chi connectivity index (χ1n) is 6.06. The zero-order valence-electron chi connectivity index (χ0n) is 10.1. The summed E-state index contributed by atoms with van der Waals surface area (Å²) in [5, 5.41) is 3.18. The normalized spacial score (nSPS) is 15.6. The molecule has 1 heterocycles. The minimum absolute atomic E-state index is 0.856. The molecule has 0 amide bonds. The lowest BCUT2D eigenvalue weighted by molar-refractivity contribution is 0.321. The van der Waals surface area contributed by atoms with Crippen LogP contribution in [0, 0.1) is 5.92 Å². The van der Waals surface area contributed by atoms with Crippen LogP contribution in [0.25, 0.3) is 0 Å². The fourth-order valence-corrected chi connectivity index (χ4v) is 1.96. The van der Waals surface area contributed by atoms with Gasteiger partial charge in [0.2, 0.25) is 0 Å². The minimum Gasteiger partial charge on any atom is -0.369 e. The molecule has 1 aliphatic carbocycles. The van der Waals surface area contributed by atoms with Gasteiger partial charge in [0.25, 0.3) is 0 Å². The second-order valence-corrected chi connectivity index (χ2v) is 4.47. The van der Waals surface area contributed by atoms with Gasteiger partial charge in [-0.25, -0.2) is 4.98 Å². The van der Waals surface area contributed by atoms with Crippen LogP contribution in [0.5, 0.6) is 0 Å². The summed E-state index contributed by atoms with van der Waals surface area (Å²) in [6.45, 7) is 4.04. The molecular formula is C12H20N4. The van der Waals surface area contributed by atoms with Crippen LogP contribution < -0.4 is 10.2 Å². The fourth-order valence-electron chi connectivity index (χ4n) is 1.96. The highest BCUT2D eigenvalue weighted by Gasteiger charge is 2.19. The molecule has 0 atom stereocenters. The first kappa shape index (κ1) is 11.2. The van der Waals surface area contributed by atoms with Crippen molar-refractivity contribution in [3.8, 4) is 0 Å².